The number of H-pyrrole nitrogens is 1. The summed E-state index contributed by atoms with van der Waals surface area (Å²) in [7, 11) is 0. The lowest BCUT2D eigenvalue weighted by Crippen LogP contribution is -2.42. The van der Waals surface area contributed by atoms with Gasteiger partial charge in [0, 0.05) is 37.3 Å². The number of piperidine rings is 1. The third-order valence-electron chi connectivity index (χ3n) is 5.00. The summed E-state index contributed by atoms with van der Waals surface area (Å²) in [6.45, 7) is 3.82. The average Bonchev–Trinajstić information content (AvgIpc) is 3.23. The van der Waals surface area contributed by atoms with Crippen LogP contribution < -0.4 is 15.0 Å². The highest BCUT2D eigenvalue weighted by Gasteiger charge is 2.27. The van der Waals surface area contributed by atoms with Crippen LogP contribution in [0.15, 0.2) is 24.5 Å². The number of aromatic nitrogens is 3. The highest BCUT2D eigenvalue weighted by atomic mass is 16.5. The molecule has 1 atom stereocenters. The van der Waals surface area contributed by atoms with E-state index < -0.39 is 0 Å². The van der Waals surface area contributed by atoms with Crippen LogP contribution in [0.1, 0.15) is 31.5 Å². The number of likely N-dealkylation sites (tertiary alicyclic amines) is 1. The zero-order valence-corrected chi connectivity index (χ0v) is 15.1. The molecule has 0 saturated carbocycles. The van der Waals surface area contributed by atoms with Gasteiger partial charge in [0.25, 0.3) is 5.91 Å². The van der Waals surface area contributed by atoms with Crippen LogP contribution >= 0.6 is 0 Å². The van der Waals surface area contributed by atoms with Gasteiger partial charge >= 0.3 is 6.03 Å². The minimum Gasteiger partial charge on any atom is -0.481 e. The highest BCUT2D eigenvalue weighted by Crippen LogP contribution is 2.34. The summed E-state index contributed by atoms with van der Waals surface area (Å²) in [5.74, 6) is 1.53. The fourth-order valence-corrected chi connectivity index (χ4v) is 3.63. The quantitative estimate of drug-likeness (QED) is 0.860. The van der Waals surface area contributed by atoms with Crippen LogP contribution in [0.25, 0.3) is 0 Å². The van der Waals surface area contributed by atoms with Gasteiger partial charge in [-0.2, -0.15) is 5.10 Å². The van der Waals surface area contributed by atoms with Crippen LogP contribution in [0, 0.1) is 0 Å². The molecule has 1 fully saturated rings. The predicted molar refractivity (Wildman–Crippen MR) is 98.9 cm³/mol. The zero-order chi connectivity index (χ0) is 18.8. The number of urea groups is 1. The Morgan fingerprint density at radius 1 is 1.44 bits per heavy atom. The molecule has 0 aliphatic carbocycles. The van der Waals surface area contributed by atoms with Crippen molar-refractivity contribution in [2.24, 2.45) is 0 Å². The number of nitrogens with zero attached hydrogens (tertiary/aromatic N) is 4. The highest BCUT2D eigenvalue weighted by molar-refractivity contribution is 5.98. The number of carbonyl (C=O) groups excluding carboxylic acids is 2. The molecule has 1 unspecified atom stereocenters. The number of anilines is 2. The van der Waals surface area contributed by atoms with Gasteiger partial charge in [-0.1, -0.05) is 0 Å². The molecule has 0 bridgehead atoms. The molecule has 2 aromatic rings. The van der Waals surface area contributed by atoms with Gasteiger partial charge in [0.1, 0.15) is 17.9 Å². The van der Waals surface area contributed by atoms with Crippen molar-refractivity contribution in [1.29, 1.82) is 0 Å². The molecule has 4 rings (SSSR count). The SMILES string of the molecule is CCN1C(=O)COc2cc(NC(=O)N3CCCC(c4ncn[nH]4)C3)ccc21. The van der Waals surface area contributed by atoms with E-state index >= 15 is 0 Å². The first-order chi connectivity index (χ1) is 13.2. The molecule has 2 N–H and O–H groups in total. The molecule has 27 heavy (non-hydrogen) atoms. The topological polar surface area (TPSA) is 103 Å². The monoisotopic (exact) mass is 370 g/mol. The fraction of sp³-hybridized carbons (Fsp3) is 0.444. The molecule has 9 heteroatoms. The van der Waals surface area contributed by atoms with Crippen LogP contribution in [0.3, 0.4) is 0 Å². The maximum atomic E-state index is 12.7. The Kier molecular flexibility index (Phi) is 4.66. The van der Waals surface area contributed by atoms with Gasteiger partial charge in [0.2, 0.25) is 0 Å². The average molecular weight is 370 g/mol. The van der Waals surface area contributed by atoms with Gasteiger partial charge in [-0.25, -0.2) is 9.78 Å². The van der Waals surface area contributed by atoms with Crippen LogP contribution in [0.5, 0.6) is 5.75 Å². The van der Waals surface area contributed by atoms with Gasteiger partial charge in [0.05, 0.1) is 5.69 Å². The summed E-state index contributed by atoms with van der Waals surface area (Å²) in [6.07, 6.45) is 3.39. The smallest absolute Gasteiger partial charge is 0.321 e. The molecule has 3 amide bonds. The van der Waals surface area contributed by atoms with Crippen molar-refractivity contribution < 1.29 is 14.3 Å². The Morgan fingerprint density at radius 3 is 3.11 bits per heavy atom. The Labute approximate surface area is 156 Å². The van der Waals surface area contributed by atoms with E-state index in [1.54, 1.807) is 28.0 Å². The molecule has 0 radical (unpaired) electrons. The number of benzene rings is 1. The lowest BCUT2D eigenvalue weighted by molar-refractivity contribution is -0.121. The number of fused-ring (bicyclic) bond motifs is 1. The third-order valence-corrected chi connectivity index (χ3v) is 5.00. The van der Waals surface area contributed by atoms with Crippen molar-refractivity contribution in [3.05, 3.63) is 30.4 Å². The Bertz CT molecular complexity index is 838. The standard InChI is InChI=1S/C18H22N6O3/c1-2-24-14-6-5-13(8-15(14)27-10-16(24)25)21-18(26)23-7-3-4-12(9-23)17-19-11-20-22-17/h5-6,8,11-12H,2-4,7,9-10H2,1H3,(H,21,26)(H,19,20,22). The van der Waals surface area contributed by atoms with E-state index in [9.17, 15) is 9.59 Å². The van der Waals surface area contributed by atoms with Crippen molar-refractivity contribution >= 4 is 23.3 Å². The third kappa shape index (κ3) is 3.44. The van der Waals surface area contributed by atoms with Crippen LogP contribution in [-0.4, -0.2) is 58.3 Å². The number of ether oxygens (including phenoxy) is 1. The number of amides is 3. The first kappa shape index (κ1) is 17.3. The van der Waals surface area contributed by atoms with Crippen LogP contribution in [0.4, 0.5) is 16.2 Å². The summed E-state index contributed by atoms with van der Waals surface area (Å²) in [6, 6.07) is 5.21. The Balaban J connectivity index is 1.44. The summed E-state index contributed by atoms with van der Waals surface area (Å²) < 4.78 is 5.53. The zero-order valence-electron chi connectivity index (χ0n) is 15.1. The lowest BCUT2D eigenvalue weighted by atomic mass is 9.98. The van der Waals surface area contributed by atoms with Gasteiger partial charge < -0.3 is 19.9 Å². The number of likely N-dealkylation sites (N-methyl/N-ethyl adjacent to an activating group) is 1. The number of hydrogen-bond donors (Lipinski definition) is 2. The van der Waals surface area contributed by atoms with E-state index in [-0.39, 0.29) is 24.5 Å². The van der Waals surface area contributed by atoms with Crippen molar-refractivity contribution in [2.75, 3.05) is 36.5 Å². The van der Waals surface area contributed by atoms with Crippen molar-refractivity contribution in [2.45, 2.75) is 25.7 Å². The first-order valence-corrected chi connectivity index (χ1v) is 9.14. The Hall–Kier alpha value is -3.10. The molecular formula is C18H22N6O3. The normalized spacial score (nSPS) is 19.4. The number of hydrogen-bond acceptors (Lipinski definition) is 5. The Morgan fingerprint density at radius 2 is 2.33 bits per heavy atom. The van der Waals surface area contributed by atoms with E-state index in [0.717, 1.165) is 24.4 Å². The number of rotatable bonds is 3. The second-order valence-electron chi connectivity index (χ2n) is 6.70. The first-order valence-electron chi connectivity index (χ1n) is 9.14. The van der Waals surface area contributed by atoms with E-state index in [2.05, 4.69) is 20.5 Å². The summed E-state index contributed by atoms with van der Waals surface area (Å²) in [4.78, 5) is 32.3. The van der Waals surface area contributed by atoms with Crippen LogP contribution in [0.2, 0.25) is 0 Å². The van der Waals surface area contributed by atoms with Gasteiger partial charge in [0.15, 0.2) is 6.61 Å². The maximum Gasteiger partial charge on any atom is 0.321 e. The molecule has 142 valence electrons. The molecule has 1 aromatic heterocycles. The summed E-state index contributed by atoms with van der Waals surface area (Å²) >= 11 is 0. The molecule has 0 spiro atoms. The van der Waals surface area contributed by atoms with Gasteiger partial charge in [-0.15, -0.1) is 0 Å². The van der Waals surface area contributed by atoms with E-state index in [4.69, 9.17) is 4.74 Å². The predicted octanol–water partition coefficient (Wildman–Crippen LogP) is 1.96. The number of carbonyl (C=O) groups is 2. The minimum absolute atomic E-state index is 0.0171. The lowest BCUT2D eigenvalue weighted by Gasteiger charge is -2.32. The second-order valence-corrected chi connectivity index (χ2v) is 6.70. The van der Waals surface area contributed by atoms with Crippen molar-refractivity contribution in [3.63, 3.8) is 0 Å². The van der Waals surface area contributed by atoms with E-state index in [1.807, 2.05) is 6.92 Å². The molecular weight excluding hydrogens is 348 g/mol. The van der Waals surface area contributed by atoms with E-state index in [0.29, 0.717) is 31.1 Å². The number of nitrogens with one attached hydrogen (secondary N) is 2. The molecule has 2 aliphatic rings. The summed E-state index contributed by atoms with van der Waals surface area (Å²) in [5.41, 5.74) is 1.38. The summed E-state index contributed by atoms with van der Waals surface area (Å²) in [5, 5.41) is 9.72. The second kappa shape index (κ2) is 7.26. The largest absolute Gasteiger partial charge is 0.481 e. The molecule has 3 heterocycles. The van der Waals surface area contributed by atoms with Crippen molar-refractivity contribution in [3.8, 4) is 5.75 Å². The van der Waals surface area contributed by atoms with Gasteiger partial charge in [-0.3, -0.25) is 9.89 Å². The molecule has 1 aromatic carbocycles. The van der Waals surface area contributed by atoms with Crippen LogP contribution in [-0.2, 0) is 4.79 Å². The number of aromatic amines is 1. The molecule has 1 saturated heterocycles. The fourth-order valence-electron chi connectivity index (χ4n) is 3.63. The maximum absolute atomic E-state index is 12.7. The van der Waals surface area contributed by atoms with Gasteiger partial charge in [-0.05, 0) is 31.9 Å². The van der Waals surface area contributed by atoms with Crippen molar-refractivity contribution in [1.82, 2.24) is 20.1 Å². The minimum atomic E-state index is -0.154. The molecule has 2 aliphatic heterocycles. The molecule has 9 nitrogen and oxygen atoms in total. The van der Waals surface area contributed by atoms with E-state index in [1.165, 1.54) is 6.33 Å².